The maximum atomic E-state index is 15.1. The molecule has 1 atom stereocenters. The van der Waals surface area contributed by atoms with Crippen LogP contribution in [0.2, 0.25) is 5.02 Å². The van der Waals surface area contributed by atoms with E-state index in [1.807, 2.05) is 0 Å². The molecule has 0 radical (unpaired) electrons. The number of rotatable bonds is 5. The van der Waals surface area contributed by atoms with Crippen molar-refractivity contribution in [1.29, 1.82) is 0 Å². The molecule has 1 amide bonds. The number of carbonyl (C=O) groups excluding carboxylic acids is 2. The molecule has 1 fully saturated rings. The van der Waals surface area contributed by atoms with E-state index in [-0.39, 0.29) is 39.2 Å². The third-order valence-corrected chi connectivity index (χ3v) is 6.27. The molecule has 8 nitrogen and oxygen atoms in total. The molecule has 182 valence electrons. The zero-order chi connectivity index (χ0) is 25.6. The number of methoxy groups -OCH3 is 2. The van der Waals surface area contributed by atoms with Gasteiger partial charge in [-0.3, -0.25) is 14.5 Å². The Balaban J connectivity index is 1.79. The maximum absolute atomic E-state index is 15.1. The van der Waals surface area contributed by atoms with Crippen LogP contribution in [0.5, 0.6) is 11.5 Å². The topological polar surface area (TPSA) is 105 Å². The van der Waals surface area contributed by atoms with E-state index in [1.165, 1.54) is 44.6 Å². The van der Waals surface area contributed by atoms with Crippen molar-refractivity contribution in [1.82, 2.24) is 9.97 Å². The zero-order valence-corrected chi connectivity index (χ0v) is 19.8. The van der Waals surface area contributed by atoms with Crippen LogP contribution in [0.3, 0.4) is 0 Å². The first kappa shape index (κ1) is 23.4. The van der Waals surface area contributed by atoms with Crippen LogP contribution in [-0.4, -0.2) is 41.0 Å². The maximum Gasteiger partial charge on any atom is 0.302 e. The van der Waals surface area contributed by atoms with Crippen molar-refractivity contribution in [3.05, 3.63) is 88.2 Å². The second-order valence-electron chi connectivity index (χ2n) is 7.96. The molecule has 0 aliphatic carbocycles. The number of aromatic amines is 1. The summed E-state index contributed by atoms with van der Waals surface area (Å²) in [7, 11) is 2.74. The van der Waals surface area contributed by atoms with Gasteiger partial charge in [-0.1, -0.05) is 41.9 Å². The van der Waals surface area contributed by atoms with Crippen molar-refractivity contribution >= 4 is 46.0 Å². The van der Waals surface area contributed by atoms with E-state index >= 15 is 4.39 Å². The van der Waals surface area contributed by atoms with E-state index in [2.05, 4.69) is 9.97 Å². The number of nitrogens with one attached hydrogen (secondary N) is 1. The van der Waals surface area contributed by atoms with Crippen molar-refractivity contribution in [2.45, 2.75) is 6.04 Å². The molecule has 0 spiro atoms. The molecule has 5 rings (SSSR count). The minimum Gasteiger partial charge on any atom is -0.507 e. The molecular formula is C26H19ClFN3O5. The number of aliphatic hydroxyl groups excluding tert-OH is 1. The minimum absolute atomic E-state index is 0.00129. The lowest BCUT2D eigenvalue weighted by Gasteiger charge is -2.23. The second-order valence-corrected chi connectivity index (χ2v) is 8.36. The molecular weight excluding hydrogens is 489 g/mol. The van der Waals surface area contributed by atoms with Crippen molar-refractivity contribution in [3.63, 3.8) is 0 Å². The van der Waals surface area contributed by atoms with Crippen LogP contribution in [-0.2, 0) is 9.59 Å². The Bertz CT molecular complexity index is 1530. The molecule has 36 heavy (non-hydrogen) atoms. The van der Waals surface area contributed by atoms with E-state index < -0.39 is 29.3 Å². The molecule has 0 bridgehead atoms. The number of halogens is 2. The summed E-state index contributed by atoms with van der Waals surface area (Å²) in [5.74, 6) is -2.88. The van der Waals surface area contributed by atoms with E-state index in [1.54, 1.807) is 30.3 Å². The van der Waals surface area contributed by atoms with Crippen LogP contribution in [0.25, 0.3) is 16.8 Å². The van der Waals surface area contributed by atoms with Crippen LogP contribution >= 0.6 is 11.6 Å². The first-order chi connectivity index (χ1) is 17.3. The quantitative estimate of drug-likeness (QED) is 0.224. The Morgan fingerprint density at radius 3 is 2.44 bits per heavy atom. The van der Waals surface area contributed by atoms with E-state index in [0.29, 0.717) is 11.0 Å². The van der Waals surface area contributed by atoms with Crippen LogP contribution in [0, 0.1) is 5.82 Å². The summed E-state index contributed by atoms with van der Waals surface area (Å²) in [6.45, 7) is 0. The summed E-state index contributed by atoms with van der Waals surface area (Å²) in [5, 5.41) is 11.6. The van der Waals surface area contributed by atoms with Gasteiger partial charge in [0.15, 0.2) is 0 Å². The van der Waals surface area contributed by atoms with Gasteiger partial charge in [0.25, 0.3) is 5.78 Å². The van der Waals surface area contributed by atoms with Gasteiger partial charge in [-0.2, -0.15) is 0 Å². The monoisotopic (exact) mass is 507 g/mol. The Morgan fingerprint density at radius 1 is 1.06 bits per heavy atom. The predicted octanol–water partition coefficient (Wildman–Crippen LogP) is 5.00. The van der Waals surface area contributed by atoms with Crippen LogP contribution < -0.4 is 14.4 Å². The van der Waals surface area contributed by atoms with Gasteiger partial charge in [0.1, 0.15) is 29.1 Å². The number of nitrogens with zero attached hydrogens (tertiary/aromatic N) is 2. The number of H-pyrrole nitrogens is 1. The number of ketones is 1. The highest BCUT2D eigenvalue weighted by Crippen LogP contribution is 2.45. The molecule has 2 N–H and O–H groups in total. The number of amides is 1. The van der Waals surface area contributed by atoms with Gasteiger partial charge < -0.3 is 19.6 Å². The fraction of sp³-hybridized carbons (Fsp3) is 0.115. The van der Waals surface area contributed by atoms with Crippen LogP contribution in [0.4, 0.5) is 10.3 Å². The number of ether oxygens (including phenoxy) is 2. The lowest BCUT2D eigenvalue weighted by molar-refractivity contribution is -0.132. The second kappa shape index (κ2) is 9.01. The van der Waals surface area contributed by atoms with Gasteiger partial charge in [-0.15, -0.1) is 0 Å². The van der Waals surface area contributed by atoms with Gasteiger partial charge in [0.2, 0.25) is 5.95 Å². The van der Waals surface area contributed by atoms with Crippen LogP contribution in [0.1, 0.15) is 17.2 Å². The molecule has 0 saturated carbocycles. The van der Waals surface area contributed by atoms with E-state index in [9.17, 15) is 14.7 Å². The summed E-state index contributed by atoms with van der Waals surface area (Å²) in [5.41, 5.74) is 0.867. The Kier molecular flexibility index (Phi) is 5.85. The molecule has 3 aromatic carbocycles. The summed E-state index contributed by atoms with van der Waals surface area (Å²) < 4.78 is 25.7. The fourth-order valence-corrected chi connectivity index (χ4v) is 4.52. The molecule has 10 heteroatoms. The molecule has 4 aromatic rings. The van der Waals surface area contributed by atoms with Crippen molar-refractivity contribution in [2.24, 2.45) is 0 Å². The van der Waals surface area contributed by atoms with Crippen molar-refractivity contribution in [3.8, 4) is 11.5 Å². The number of hydrogen-bond donors (Lipinski definition) is 2. The standard InChI is InChI=1S/C26H19ClFN3O5/c1-35-19-12-15(27)20(36-2)11-14(19)23(32)21-22(13-7-3-4-8-16(13)28)31(25(34)24(21)33)26-29-17-9-5-6-10-18(17)30-26/h3-12,22,32H,1-2H3,(H,29,30)/b23-21+. The lowest BCUT2D eigenvalue weighted by Crippen LogP contribution is -2.30. The van der Waals surface area contributed by atoms with E-state index in [0.717, 1.165) is 4.90 Å². The first-order valence-electron chi connectivity index (χ1n) is 10.8. The van der Waals surface area contributed by atoms with E-state index in [4.69, 9.17) is 21.1 Å². The number of para-hydroxylation sites is 2. The highest BCUT2D eigenvalue weighted by molar-refractivity contribution is 6.51. The Hall–Kier alpha value is -4.37. The highest BCUT2D eigenvalue weighted by Gasteiger charge is 2.49. The Labute approximate surface area is 209 Å². The number of imidazole rings is 1. The highest BCUT2D eigenvalue weighted by atomic mass is 35.5. The van der Waals surface area contributed by atoms with Gasteiger partial charge in [0, 0.05) is 11.6 Å². The summed E-state index contributed by atoms with van der Waals surface area (Å²) in [6.07, 6.45) is 0. The molecule has 1 unspecified atom stereocenters. The summed E-state index contributed by atoms with van der Waals surface area (Å²) in [6, 6.07) is 14.2. The largest absolute Gasteiger partial charge is 0.507 e. The summed E-state index contributed by atoms with van der Waals surface area (Å²) in [4.78, 5) is 35.2. The molecule has 1 aromatic heterocycles. The number of fused-ring (bicyclic) bond motifs is 1. The number of benzene rings is 3. The fourth-order valence-electron chi connectivity index (χ4n) is 4.29. The Morgan fingerprint density at radius 2 is 1.75 bits per heavy atom. The molecule has 1 saturated heterocycles. The van der Waals surface area contributed by atoms with Gasteiger partial charge in [-0.25, -0.2) is 9.37 Å². The average Bonchev–Trinajstić information content (AvgIpc) is 3.42. The number of Topliss-reactive ketones (excluding diaryl/α,β-unsaturated/α-hetero) is 1. The van der Waals surface area contributed by atoms with Crippen molar-refractivity contribution in [2.75, 3.05) is 19.1 Å². The number of aliphatic hydroxyl groups is 1. The molecule has 1 aliphatic rings. The first-order valence-corrected chi connectivity index (χ1v) is 11.2. The molecule has 2 heterocycles. The van der Waals surface area contributed by atoms with Gasteiger partial charge in [-0.05, 0) is 24.3 Å². The van der Waals surface area contributed by atoms with Crippen molar-refractivity contribution < 1.29 is 28.6 Å². The van der Waals surface area contributed by atoms with Gasteiger partial charge >= 0.3 is 5.91 Å². The summed E-state index contributed by atoms with van der Waals surface area (Å²) >= 11 is 6.19. The lowest BCUT2D eigenvalue weighted by atomic mass is 9.94. The number of carbonyl (C=O) groups is 2. The number of anilines is 1. The van der Waals surface area contributed by atoms with Crippen LogP contribution in [0.15, 0.2) is 66.2 Å². The average molecular weight is 508 g/mol. The number of aromatic nitrogens is 2. The third kappa shape index (κ3) is 3.64. The zero-order valence-electron chi connectivity index (χ0n) is 19.1. The number of hydrogen-bond acceptors (Lipinski definition) is 6. The van der Waals surface area contributed by atoms with Gasteiger partial charge in [0.05, 0.1) is 41.4 Å². The smallest absolute Gasteiger partial charge is 0.302 e. The third-order valence-electron chi connectivity index (χ3n) is 5.98. The normalized spacial score (nSPS) is 17.1. The minimum atomic E-state index is -1.32. The predicted molar refractivity (Wildman–Crippen MR) is 132 cm³/mol. The molecule has 1 aliphatic heterocycles. The SMILES string of the molecule is COc1cc(/C(O)=C2\C(=O)C(=O)N(c3nc4ccccc4[nH]3)C2c2ccccc2F)c(OC)cc1Cl.